The number of likely N-dealkylation sites (tertiary alicyclic amines) is 1. The molecule has 1 aromatic heterocycles. The number of ether oxygens (including phenoxy) is 2. The molecule has 0 N–H and O–H groups in total. The van der Waals surface area contributed by atoms with E-state index in [2.05, 4.69) is 41.5 Å². The van der Waals surface area contributed by atoms with Gasteiger partial charge in [-0.2, -0.15) is 0 Å². The van der Waals surface area contributed by atoms with Gasteiger partial charge in [0.2, 0.25) is 0 Å². The van der Waals surface area contributed by atoms with E-state index in [0.29, 0.717) is 35.9 Å². The number of benzene rings is 2. The fourth-order valence-corrected chi connectivity index (χ4v) is 5.69. The number of fused-ring (bicyclic) bond motifs is 1. The van der Waals surface area contributed by atoms with Gasteiger partial charge in [-0.15, -0.1) is 0 Å². The van der Waals surface area contributed by atoms with E-state index in [1.807, 2.05) is 30.3 Å². The monoisotopic (exact) mass is 508 g/mol. The molecular weight excluding hydrogens is 472 g/mol. The SMILES string of the molecule is CC(C)CC(=O)Cn1c(-c2cccc(Cl)c2)cc2cc(OCCCN3CCC4(CC3)COC4)ccc21. The van der Waals surface area contributed by atoms with Crippen molar-refractivity contribution in [3.8, 4) is 17.0 Å². The Morgan fingerprint density at radius 3 is 2.61 bits per heavy atom. The van der Waals surface area contributed by atoms with E-state index < -0.39 is 0 Å². The minimum Gasteiger partial charge on any atom is -0.494 e. The molecule has 0 saturated carbocycles. The molecule has 3 aromatic rings. The van der Waals surface area contributed by atoms with Crippen LogP contribution in [0.15, 0.2) is 48.5 Å². The van der Waals surface area contributed by atoms with Crippen molar-refractivity contribution in [2.75, 3.05) is 39.5 Å². The average molecular weight is 509 g/mol. The van der Waals surface area contributed by atoms with E-state index in [1.165, 1.54) is 25.9 Å². The first-order chi connectivity index (χ1) is 17.4. The highest BCUT2D eigenvalue weighted by Gasteiger charge is 2.40. The number of hydrogen-bond donors (Lipinski definition) is 0. The normalized spacial score (nSPS) is 17.6. The van der Waals surface area contributed by atoms with E-state index in [0.717, 1.165) is 54.1 Å². The summed E-state index contributed by atoms with van der Waals surface area (Å²) in [6.07, 6.45) is 4.11. The number of Topliss-reactive ketones (excluding diaryl/α,β-unsaturated/α-hetero) is 1. The van der Waals surface area contributed by atoms with Crippen LogP contribution in [0.2, 0.25) is 5.02 Å². The second kappa shape index (κ2) is 11.0. The highest BCUT2D eigenvalue weighted by molar-refractivity contribution is 6.30. The maximum atomic E-state index is 12.8. The second-order valence-electron chi connectivity index (χ2n) is 11.0. The Kier molecular flexibility index (Phi) is 7.71. The van der Waals surface area contributed by atoms with Crippen molar-refractivity contribution < 1.29 is 14.3 Å². The lowest BCUT2D eigenvalue weighted by molar-refractivity contribution is -0.139. The molecule has 2 aliphatic rings. The fraction of sp³-hybridized carbons (Fsp3) is 0.500. The third-order valence-electron chi connectivity index (χ3n) is 7.58. The van der Waals surface area contributed by atoms with Crippen LogP contribution in [-0.2, 0) is 16.1 Å². The van der Waals surface area contributed by atoms with Crippen molar-refractivity contribution in [2.45, 2.75) is 46.1 Å². The van der Waals surface area contributed by atoms with Gasteiger partial charge >= 0.3 is 0 Å². The molecule has 1 spiro atoms. The molecule has 0 radical (unpaired) electrons. The molecule has 5 rings (SSSR count). The molecule has 0 amide bonds. The first kappa shape index (κ1) is 25.3. The van der Waals surface area contributed by atoms with Gasteiger partial charge in [-0.25, -0.2) is 0 Å². The van der Waals surface area contributed by atoms with Gasteiger partial charge in [-0.1, -0.05) is 37.6 Å². The number of carbonyl (C=O) groups is 1. The molecule has 2 saturated heterocycles. The Morgan fingerprint density at radius 2 is 1.92 bits per heavy atom. The molecule has 2 aliphatic heterocycles. The summed E-state index contributed by atoms with van der Waals surface area (Å²) in [4.78, 5) is 15.3. The van der Waals surface area contributed by atoms with Crippen LogP contribution in [-0.4, -0.2) is 54.7 Å². The van der Waals surface area contributed by atoms with Crippen LogP contribution < -0.4 is 4.74 Å². The van der Waals surface area contributed by atoms with Crippen LogP contribution in [0, 0.1) is 11.3 Å². The zero-order chi connectivity index (χ0) is 25.1. The van der Waals surface area contributed by atoms with E-state index in [4.69, 9.17) is 21.1 Å². The summed E-state index contributed by atoms with van der Waals surface area (Å²) in [5.74, 6) is 1.45. The molecule has 6 heteroatoms. The number of piperidine rings is 1. The first-order valence-electron chi connectivity index (χ1n) is 13.2. The summed E-state index contributed by atoms with van der Waals surface area (Å²) in [6.45, 7) is 10.5. The maximum absolute atomic E-state index is 12.8. The highest BCUT2D eigenvalue weighted by atomic mass is 35.5. The molecule has 0 atom stereocenters. The smallest absolute Gasteiger partial charge is 0.152 e. The van der Waals surface area contributed by atoms with Crippen molar-refractivity contribution in [3.05, 3.63) is 53.6 Å². The van der Waals surface area contributed by atoms with Crippen LogP contribution in [0.1, 0.15) is 39.5 Å². The minimum atomic E-state index is 0.236. The Labute approximate surface area is 219 Å². The topological polar surface area (TPSA) is 43.7 Å². The number of carbonyl (C=O) groups excluding carboxylic acids is 1. The van der Waals surface area contributed by atoms with Gasteiger partial charge in [-0.3, -0.25) is 4.79 Å². The molecule has 0 unspecified atom stereocenters. The Bertz CT molecular complexity index is 1200. The average Bonchev–Trinajstić information content (AvgIpc) is 3.18. The summed E-state index contributed by atoms with van der Waals surface area (Å²) in [7, 11) is 0. The number of ketones is 1. The van der Waals surface area contributed by atoms with E-state index in [-0.39, 0.29) is 5.78 Å². The van der Waals surface area contributed by atoms with Gasteiger partial charge in [0.05, 0.1) is 26.4 Å². The molecular formula is C30H37ClN2O3. The molecule has 192 valence electrons. The number of hydrogen-bond acceptors (Lipinski definition) is 4. The third-order valence-corrected chi connectivity index (χ3v) is 7.82. The fourth-order valence-electron chi connectivity index (χ4n) is 5.50. The standard InChI is InChI=1S/C30H37ClN2O3/c1-22(2)15-26(34)19-33-28-8-7-27(17-24(28)18-29(33)23-5-3-6-25(31)16-23)36-14-4-11-32-12-9-30(10-13-32)20-35-21-30/h3,5-8,16-18,22H,4,9-15,19-21H2,1-2H3. The summed E-state index contributed by atoms with van der Waals surface area (Å²) in [5.41, 5.74) is 3.54. The van der Waals surface area contributed by atoms with Crippen molar-refractivity contribution >= 4 is 28.3 Å². The lowest BCUT2D eigenvalue weighted by Crippen LogP contribution is -2.51. The molecule has 2 aromatic carbocycles. The van der Waals surface area contributed by atoms with Gasteiger partial charge in [0.25, 0.3) is 0 Å². The molecule has 0 aliphatic carbocycles. The van der Waals surface area contributed by atoms with Crippen molar-refractivity contribution in [1.82, 2.24) is 9.47 Å². The van der Waals surface area contributed by atoms with Gasteiger partial charge < -0.3 is 18.9 Å². The Balaban J connectivity index is 1.26. The maximum Gasteiger partial charge on any atom is 0.152 e. The molecule has 36 heavy (non-hydrogen) atoms. The number of aromatic nitrogens is 1. The van der Waals surface area contributed by atoms with Gasteiger partial charge in [-0.05, 0) is 80.2 Å². The number of nitrogens with zero attached hydrogens (tertiary/aromatic N) is 2. The summed E-state index contributed by atoms with van der Waals surface area (Å²) < 4.78 is 13.7. The Hall–Kier alpha value is -2.34. The van der Waals surface area contributed by atoms with Crippen LogP contribution in [0.4, 0.5) is 0 Å². The summed E-state index contributed by atoms with van der Waals surface area (Å²) in [6, 6.07) is 16.2. The second-order valence-corrected chi connectivity index (χ2v) is 11.5. The highest BCUT2D eigenvalue weighted by Crippen LogP contribution is 2.38. The number of halogens is 1. The predicted molar refractivity (Wildman–Crippen MR) is 146 cm³/mol. The Morgan fingerprint density at radius 1 is 1.11 bits per heavy atom. The van der Waals surface area contributed by atoms with Crippen molar-refractivity contribution in [3.63, 3.8) is 0 Å². The van der Waals surface area contributed by atoms with Crippen LogP contribution >= 0.6 is 11.6 Å². The van der Waals surface area contributed by atoms with Crippen LogP contribution in [0.5, 0.6) is 5.75 Å². The zero-order valence-corrected chi connectivity index (χ0v) is 22.2. The third kappa shape index (κ3) is 5.80. The summed E-state index contributed by atoms with van der Waals surface area (Å²) >= 11 is 6.29. The molecule has 3 heterocycles. The zero-order valence-electron chi connectivity index (χ0n) is 21.5. The van der Waals surface area contributed by atoms with Gasteiger partial charge in [0.1, 0.15) is 5.75 Å². The quantitative estimate of drug-likeness (QED) is 0.295. The largest absolute Gasteiger partial charge is 0.494 e. The van der Waals surface area contributed by atoms with Gasteiger partial charge in [0.15, 0.2) is 5.78 Å². The molecule has 5 nitrogen and oxygen atoms in total. The lowest BCUT2D eigenvalue weighted by atomic mass is 9.77. The molecule has 2 fully saturated rings. The molecule has 0 bridgehead atoms. The van der Waals surface area contributed by atoms with Crippen molar-refractivity contribution in [2.24, 2.45) is 11.3 Å². The van der Waals surface area contributed by atoms with Crippen LogP contribution in [0.25, 0.3) is 22.2 Å². The lowest BCUT2D eigenvalue weighted by Gasteiger charge is -2.47. The van der Waals surface area contributed by atoms with Crippen molar-refractivity contribution in [1.29, 1.82) is 0 Å². The summed E-state index contributed by atoms with van der Waals surface area (Å²) in [5, 5.41) is 1.76. The van der Waals surface area contributed by atoms with Crippen LogP contribution in [0.3, 0.4) is 0 Å². The number of rotatable bonds is 10. The first-order valence-corrected chi connectivity index (χ1v) is 13.6. The van der Waals surface area contributed by atoms with Gasteiger partial charge in [0, 0.05) is 40.0 Å². The predicted octanol–water partition coefficient (Wildman–Crippen LogP) is 6.46. The van der Waals surface area contributed by atoms with E-state index in [9.17, 15) is 4.79 Å². The van der Waals surface area contributed by atoms with E-state index in [1.54, 1.807) is 0 Å². The van der Waals surface area contributed by atoms with E-state index >= 15 is 0 Å². The minimum absolute atomic E-state index is 0.236.